The van der Waals surface area contributed by atoms with Gasteiger partial charge in [0.25, 0.3) is 0 Å². The number of benzene rings is 1. The Morgan fingerprint density at radius 2 is 2.27 bits per heavy atom. The highest BCUT2D eigenvalue weighted by molar-refractivity contribution is 9.10. The van der Waals surface area contributed by atoms with Crippen molar-refractivity contribution in [2.75, 3.05) is 13.1 Å². The Labute approximate surface area is 98.5 Å². The summed E-state index contributed by atoms with van der Waals surface area (Å²) in [4.78, 5) is 0. The fourth-order valence-electron chi connectivity index (χ4n) is 1.18. The largest absolute Gasteiger partial charge is 0.313 e. The summed E-state index contributed by atoms with van der Waals surface area (Å²) in [5.74, 6) is -0.219. The zero-order chi connectivity index (χ0) is 11.1. The summed E-state index contributed by atoms with van der Waals surface area (Å²) in [5.41, 5.74) is 0.995. The van der Waals surface area contributed by atoms with Crippen molar-refractivity contribution in [2.45, 2.75) is 13.3 Å². The van der Waals surface area contributed by atoms with Crippen LogP contribution in [0.4, 0.5) is 4.39 Å². The van der Waals surface area contributed by atoms with Gasteiger partial charge in [0.1, 0.15) is 5.82 Å². The molecular weight excluding hydrogens is 257 g/mol. The van der Waals surface area contributed by atoms with Crippen LogP contribution in [0.15, 0.2) is 28.7 Å². The summed E-state index contributed by atoms with van der Waals surface area (Å²) < 4.78 is 13.6. The molecule has 0 aliphatic heterocycles. The third-order valence-electron chi connectivity index (χ3n) is 1.95. The topological polar surface area (TPSA) is 12.0 Å². The molecule has 0 fully saturated rings. The SMILES string of the molecule is CCCNC/C=C/c1ccc(F)cc1Br. The van der Waals surface area contributed by atoms with Gasteiger partial charge in [-0.1, -0.05) is 41.1 Å². The summed E-state index contributed by atoms with van der Waals surface area (Å²) in [6.45, 7) is 4.00. The van der Waals surface area contributed by atoms with Crippen LogP contribution >= 0.6 is 15.9 Å². The minimum absolute atomic E-state index is 0.219. The van der Waals surface area contributed by atoms with Crippen LogP contribution in [0.3, 0.4) is 0 Å². The number of nitrogens with one attached hydrogen (secondary N) is 1. The molecule has 82 valence electrons. The van der Waals surface area contributed by atoms with Crippen molar-refractivity contribution in [1.29, 1.82) is 0 Å². The zero-order valence-electron chi connectivity index (χ0n) is 8.76. The average molecular weight is 272 g/mol. The second kappa shape index (κ2) is 6.75. The highest BCUT2D eigenvalue weighted by Gasteiger charge is 1.96. The van der Waals surface area contributed by atoms with Crippen LogP contribution < -0.4 is 5.32 Å². The summed E-state index contributed by atoms with van der Waals surface area (Å²) in [6, 6.07) is 4.69. The Bertz CT molecular complexity index is 336. The lowest BCUT2D eigenvalue weighted by molar-refractivity contribution is 0.627. The molecule has 0 unspecified atom stereocenters. The lowest BCUT2D eigenvalue weighted by Crippen LogP contribution is -2.13. The fourth-order valence-corrected chi connectivity index (χ4v) is 1.67. The highest BCUT2D eigenvalue weighted by atomic mass is 79.9. The normalized spacial score (nSPS) is 11.1. The van der Waals surface area contributed by atoms with Crippen LogP contribution in [0, 0.1) is 5.82 Å². The lowest BCUT2D eigenvalue weighted by atomic mass is 10.2. The van der Waals surface area contributed by atoms with E-state index in [1.165, 1.54) is 12.1 Å². The molecule has 0 saturated carbocycles. The van der Waals surface area contributed by atoms with Crippen LogP contribution in [0.2, 0.25) is 0 Å². The maximum atomic E-state index is 12.8. The quantitative estimate of drug-likeness (QED) is 0.807. The monoisotopic (exact) mass is 271 g/mol. The van der Waals surface area contributed by atoms with E-state index >= 15 is 0 Å². The Kier molecular flexibility index (Phi) is 5.58. The van der Waals surface area contributed by atoms with E-state index < -0.39 is 0 Å². The fraction of sp³-hybridized carbons (Fsp3) is 0.333. The van der Waals surface area contributed by atoms with Gasteiger partial charge in [-0.05, 0) is 30.7 Å². The van der Waals surface area contributed by atoms with Gasteiger partial charge in [-0.15, -0.1) is 0 Å². The third kappa shape index (κ3) is 4.58. The van der Waals surface area contributed by atoms with Gasteiger partial charge in [0.15, 0.2) is 0 Å². The van der Waals surface area contributed by atoms with Crippen molar-refractivity contribution in [2.24, 2.45) is 0 Å². The molecule has 0 atom stereocenters. The molecule has 1 aromatic rings. The van der Waals surface area contributed by atoms with Crippen molar-refractivity contribution in [3.63, 3.8) is 0 Å². The minimum atomic E-state index is -0.219. The molecule has 0 saturated heterocycles. The van der Waals surface area contributed by atoms with E-state index in [0.717, 1.165) is 29.5 Å². The predicted octanol–water partition coefficient (Wildman–Crippen LogP) is 3.60. The third-order valence-corrected chi connectivity index (χ3v) is 2.64. The van der Waals surface area contributed by atoms with E-state index in [-0.39, 0.29) is 5.82 Å². The van der Waals surface area contributed by atoms with Crippen molar-refractivity contribution in [3.05, 3.63) is 40.1 Å². The van der Waals surface area contributed by atoms with E-state index in [2.05, 4.69) is 28.2 Å². The predicted molar refractivity (Wildman–Crippen MR) is 66.3 cm³/mol. The Morgan fingerprint density at radius 1 is 1.47 bits per heavy atom. The van der Waals surface area contributed by atoms with Gasteiger partial charge in [-0.25, -0.2) is 4.39 Å². The molecule has 0 aliphatic rings. The first-order valence-electron chi connectivity index (χ1n) is 5.06. The van der Waals surface area contributed by atoms with Crippen molar-refractivity contribution >= 4 is 22.0 Å². The smallest absolute Gasteiger partial charge is 0.124 e. The molecular formula is C12H15BrFN. The van der Waals surface area contributed by atoms with Gasteiger partial charge >= 0.3 is 0 Å². The van der Waals surface area contributed by atoms with Crippen molar-refractivity contribution in [3.8, 4) is 0 Å². The molecule has 0 aromatic heterocycles. The Balaban J connectivity index is 2.49. The van der Waals surface area contributed by atoms with E-state index in [1.54, 1.807) is 6.07 Å². The van der Waals surface area contributed by atoms with Gasteiger partial charge < -0.3 is 5.32 Å². The Morgan fingerprint density at radius 3 is 2.93 bits per heavy atom. The van der Waals surface area contributed by atoms with Crippen LogP contribution in [-0.2, 0) is 0 Å². The maximum Gasteiger partial charge on any atom is 0.124 e. The second-order valence-electron chi connectivity index (χ2n) is 3.27. The molecule has 1 aromatic carbocycles. The number of rotatable bonds is 5. The molecule has 1 nitrogen and oxygen atoms in total. The molecule has 0 bridgehead atoms. The van der Waals surface area contributed by atoms with Crippen LogP contribution in [0.5, 0.6) is 0 Å². The van der Waals surface area contributed by atoms with Gasteiger partial charge in [0.05, 0.1) is 0 Å². The summed E-state index contributed by atoms with van der Waals surface area (Å²) >= 11 is 3.32. The highest BCUT2D eigenvalue weighted by Crippen LogP contribution is 2.18. The molecule has 0 radical (unpaired) electrons. The van der Waals surface area contributed by atoms with E-state index in [1.807, 2.05) is 12.2 Å². The van der Waals surface area contributed by atoms with Gasteiger partial charge in [-0.3, -0.25) is 0 Å². The number of hydrogen-bond acceptors (Lipinski definition) is 1. The van der Waals surface area contributed by atoms with E-state index in [4.69, 9.17) is 0 Å². The molecule has 1 N–H and O–H groups in total. The van der Waals surface area contributed by atoms with E-state index in [0.29, 0.717) is 0 Å². The first-order chi connectivity index (χ1) is 7.24. The standard InChI is InChI=1S/C12H15BrFN/c1-2-7-15-8-3-4-10-5-6-11(14)9-12(10)13/h3-6,9,15H,2,7-8H2,1H3/b4-3+. The average Bonchev–Trinajstić information content (AvgIpc) is 2.20. The van der Waals surface area contributed by atoms with Gasteiger partial charge in [0.2, 0.25) is 0 Å². The van der Waals surface area contributed by atoms with Crippen molar-refractivity contribution < 1.29 is 4.39 Å². The second-order valence-corrected chi connectivity index (χ2v) is 4.13. The minimum Gasteiger partial charge on any atom is -0.313 e. The number of halogens is 2. The molecule has 0 spiro atoms. The first kappa shape index (κ1) is 12.4. The van der Waals surface area contributed by atoms with Gasteiger partial charge in [-0.2, -0.15) is 0 Å². The molecule has 0 aliphatic carbocycles. The van der Waals surface area contributed by atoms with Gasteiger partial charge in [0, 0.05) is 11.0 Å². The maximum absolute atomic E-state index is 12.8. The van der Waals surface area contributed by atoms with Crippen LogP contribution in [-0.4, -0.2) is 13.1 Å². The summed E-state index contributed by atoms with van der Waals surface area (Å²) in [6.07, 6.45) is 5.15. The molecule has 1 rings (SSSR count). The van der Waals surface area contributed by atoms with Crippen LogP contribution in [0.1, 0.15) is 18.9 Å². The summed E-state index contributed by atoms with van der Waals surface area (Å²) in [7, 11) is 0. The summed E-state index contributed by atoms with van der Waals surface area (Å²) in [5, 5.41) is 3.26. The van der Waals surface area contributed by atoms with E-state index in [9.17, 15) is 4.39 Å². The molecule has 0 amide bonds. The zero-order valence-corrected chi connectivity index (χ0v) is 10.3. The lowest BCUT2D eigenvalue weighted by Gasteiger charge is -1.99. The first-order valence-corrected chi connectivity index (χ1v) is 5.85. The number of hydrogen-bond donors (Lipinski definition) is 1. The molecule has 15 heavy (non-hydrogen) atoms. The molecule has 0 heterocycles. The molecule has 3 heteroatoms. The van der Waals surface area contributed by atoms with Crippen molar-refractivity contribution in [1.82, 2.24) is 5.32 Å². The Hall–Kier alpha value is -0.670. The van der Waals surface area contributed by atoms with Crippen LogP contribution in [0.25, 0.3) is 6.08 Å².